The first-order valence-corrected chi connectivity index (χ1v) is 7.64. The van der Waals surface area contributed by atoms with E-state index in [1.807, 2.05) is 0 Å². The molecular formula is C16H17F2N5O3. The number of carbonyl (C=O) groups is 2. The Morgan fingerprint density at radius 1 is 1.23 bits per heavy atom. The van der Waals surface area contributed by atoms with Gasteiger partial charge >= 0.3 is 11.9 Å². The van der Waals surface area contributed by atoms with Crippen molar-refractivity contribution in [2.75, 3.05) is 10.6 Å². The van der Waals surface area contributed by atoms with E-state index in [2.05, 4.69) is 25.6 Å². The summed E-state index contributed by atoms with van der Waals surface area (Å²) in [6.07, 6.45) is 1.44. The number of carboxylic acids is 1. The molecule has 0 aliphatic rings. The number of aromatic carboxylic acids is 1. The molecule has 2 heterocycles. The lowest BCUT2D eigenvalue weighted by Gasteiger charge is -2.14. The maximum atomic E-state index is 13.6. The molecular weight excluding hydrogens is 348 g/mol. The van der Waals surface area contributed by atoms with Gasteiger partial charge in [-0.15, -0.1) is 0 Å². The first kappa shape index (κ1) is 19.2. The molecule has 0 fully saturated rings. The molecule has 0 bridgehead atoms. The third-order valence-corrected chi connectivity index (χ3v) is 3.24. The van der Waals surface area contributed by atoms with Crippen LogP contribution in [-0.2, 0) is 17.1 Å². The Labute approximate surface area is 147 Å². The topological polar surface area (TPSA) is 117 Å². The number of alkyl halides is 2. The molecule has 10 heteroatoms. The number of nitrogens with zero attached hydrogens (tertiary/aromatic N) is 3. The molecule has 0 saturated heterocycles. The Kier molecular flexibility index (Phi) is 5.44. The van der Waals surface area contributed by atoms with E-state index in [4.69, 9.17) is 0 Å². The molecule has 26 heavy (non-hydrogen) atoms. The van der Waals surface area contributed by atoms with Gasteiger partial charge in [0.05, 0.1) is 5.69 Å². The van der Waals surface area contributed by atoms with Gasteiger partial charge < -0.3 is 15.7 Å². The standard InChI is InChI=1S/C16H17F2N5O3/c1-4-9-5-13(23-15(21-9)16(3,17)18)22-11-6-12(20-8(2)24)19-7-10(11)14(25)26/h5-7H,4H2,1-3H3,(H,25,26)(H2,19,20,21,22,23,24). The predicted octanol–water partition coefficient (Wildman–Crippen LogP) is 2.95. The normalized spacial score (nSPS) is 11.1. The molecule has 2 rings (SSSR count). The van der Waals surface area contributed by atoms with E-state index in [9.17, 15) is 23.5 Å². The molecule has 0 aromatic carbocycles. The lowest BCUT2D eigenvalue weighted by molar-refractivity contribution is -0.114. The average Bonchev–Trinajstić information content (AvgIpc) is 2.53. The van der Waals surface area contributed by atoms with Gasteiger partial charge in [0.15, 0.2) is 0 Å². The number of aryl methyl sites for hydroxylation is 1. The van der Waals surface area contributed by atoms with Gasteiger partial charge in [-0.05, 0) is 6.42 Å². The van der Waals surface area contributed by atoms with Gasteiger partial charge in [0.25, 0.3) is 0 Å². The Hall–Kier alpha value is -3.17. The van der Waals surface area contributed by atoms with Crippen LogP contribution in [0, 0.1) is 0 Å². The van der Waals surface area contributed by atoms with Crippen molar-refractivity contribution >= 4 is 29.2 Å². The first-order valence-electron chi connectivity index (χ1n) is 7.64. The lowest BCUT2D eigenvalue weighted by Crippen LogP contribution is -2.16. The second-order valence-corrected chi connectivity index (χ2v) is 5.54. The maximum absolute atomic E-state index is 13.6. The summed E-state index contributed by atoms with van der Waals surface area (Å²) in [5, 5.41) is 14.4. The first-order chi connectivity index (χ1) is 12.1. The Morgan fingerprint density at radius 2 is 1.92 bits per heavy atom. The Balaban J connectivity index is 2.49. The van der Waals surface area contributed by atoms with E-state index in [1.54, 1.807) is 6.92 Å². The van der Waals surface area contributed by atoms with Crippen molar-refractivity contribution in [2.45, 2.75) is 33.1 Å². The number of aromatic nitrogens is 3. The summed E-state index contributed by atoms with van der Waals surface area (Å²) < 4.78 is 27.2. The highest BCUT2D eigenvalue weighted by molar-refractivity contribution is 5.96. The van der Waals surface area contributed by atoms with Crippen LogP contribution in [0.3, 0.4) is 0 Å². The van der Waals surface area contributed by atoms with Gasteiger partial charge in [-0.1, -0.05) is 6.92 Å². The van der Waals surface area contributed by atoms with Crippen molar-refractivity contribution in [1.29, 1.82) is 0 Å². The highest BCUT2D eigenvalue weighted by Gasteiger charge is 2.29. The molecule has 0 saturated carbocycles. The fraction of sp³-hybridized carbons (Fsp3) is 0.312. The van der Waals surface area contributed by atoms with E-state index in [1.165, 1.54) is 19.1 Å². The summed E-state index contributed by atoms with van der Waals surface area (Å²) in [4.78, 5) is 33.9. The Bertz CT molecular complexity index is 852. The maximum Gasteiger partial charge on any atom is 0.339 e. The van der Waals surface area contributed by atoms with Crippen LogP contribution in [0.25, 0.3) is 0 Å². The van der Waals surface area contributed by atoms with Crippen molar-refractivity contribution in [3.8, 4) is 0 Å². The van der Waals surface area contributed by atoms with Crippen LogP contribution in [0.15, 0.2) is 18.3 Å². The van der Waals surface area contributed by atoms with Crippen molar-refractivity contribution in [3.63, 3.8) is 0 Å². The van der Waals surface area contributed by atoms with E-state index < -0.39 is 23.6 Å². The van der Waals surface area contributed by atoms with E-state index >= 15 is 0 Å². The highest BCUT2D eigenvalue weighted by atomic mass is 19.3. The monoisotopic (exact) mass is 365 g/mol. The zero-order valence-corrected chi connectivity index (χ0v) is 14.3. The number of pyridine rings is 1. The average molecular weight is 365 g/mol. The number of rotatable bonds is 6. The van der Waals surface area contributed by atoms with Gasteiger partial charge in [-0.3, -0.25) is 4.79 Å². The minimum absolute atomic E-state index is 0.0100. The molecule has 1 amide bonds. The highest BCUT2D eigenvalue weighted by Crippen LogP contribution is 2.27. The van der Waals surface area contributed by atoms with Gasteiger partial charge in [-0.2, -0.15) is 8.78 Å². The number of hydrogen-bond donors (Lipinski definition) is 3. The van der Waals surface area contributed by atoms with Crippen molar-refractivity contribution in [3.05, 3.63) is 35.4 Å². The van der Waals surface area contributed by atoms with Crippen LogP contribution < -0.4 is 10.6 Å². The number of hydrogen-bond acceptors (Lipinski definition) is 6. The Morgan fingerprint density at radius 3 is 2.46 bits per heavy atom. The van der Waals surface area contributed by atoms with E-state index in [0.29, 0.717) is 19.0 Å². The zero-order chi connectivity index (χ0) is 19.5. The summed E-state index contributed by atoms with van der Waals surface area (Å²) in [5.41, 5.74) is 0.204. The lowest BCUT2D eigenvalue weighted by atomic mass is 10.2. The number of carboxylic acid groups (broad SMARTS) is 1. The van der Waals surface area contributed by atoms with Gasteiger partial charge in [0.1, 0.15) is 17.2 Å². The van der Waals surface area contributed by atoms with Crippen molar-refractivity contribution < 1.29 is 23.5 Å². The van der Waals surface area contributed by atoms with Crippen LogP contribution in [0.1, 0.15) is 42.6 Å². The number of halogens is 2. The third-order valence-electron chi connectivity index (χ3n) is 3.24. The molecule has 8 nitrogen and oxygen atoms in total. The second-order valence-electron chi connectivity index (χ2n) is 5.54. The minimum atomic E-state index is -3.25. The van der Waals surface area contributed by atoms with Crippen LogP contribution >= 0.6 is 0 Å². The largest absolute Gasteiger partial charge is 0.478 e. The number of amides is 1. The molecule has 0 aliphatic heterocycles. The third kappa shape index (κ3) is 4.68. The molecule has 2 aromatic rings. The summed E-state index contributed by atoms with van der Waals surface area (Å²) in [6, 6.07) is 2.72. The number of nitrogens with one attached hydrogen (secondary N) is 2. The molecule has 0 spiro atoms. The van der Waals surface area contributed by atoms with Crippen LogP contribution in [0.4, 0.5) is 26.1 Å². The summed E-state index contributed by atoms with van der Waals surface area (Å²) in [5.74, 6) is -5.48. The fourth-order valence-corrected chi connectivity index (χ4v) is 2.05. The summed E-state index contributed by atoms with van der Waals surface area (Å²) >= 11 is 0. The fourth-order valence-electron chi connectivity index (χ4n) is 2.05. The molecule has 0 radical (unpaired) electrons. The van der Waals surface area contributed by atoms with Crippen molar-refractivity contribution in [1.82, 2.24) is 15.0 Å². The SMILES string of the molecule is CCc1cc(Nc2cc(NC(C)=O)ncc2C(=O)O)nc(C(C)(F)F)n1. The second kappa shape index (κ2) is 7.38. The summed E-state index contributed by atoms with van der Waals surface area (Å²) in [7, 11) is 0. The van der Waals surface area contributed by atoms with E-state index in [-0.39, 0.29) is 22.9 Å². The van der Waals surface area contributed by atoms with Crippen LogP contribution in [0.5, 0.6) is 0 Å². The quantitative estimate of drug-likeness (QED) is 0.720. The van der Waals surface area contributed by atoms with Crippen molar-refractivity contribution in [2.24, 2.45) is 0 Å². The minimum Gasteiger partial charge on any atom is -0.478 e. The molecule has 138 valence electrons. The van der Waals surface area contributed by atoms with Gasteiger partial charge in [-0.25, -0.2) is 19.7 Å². The summed E-state index contributed by atoms with van der Waals surface area (Å²) in [6.45, 7) is 3.69. The van der Waals surface area contributed by atoms with Gasteiger partial charge in [0, 0.05) is 37.9 Å². The molecule has 0 unspecified atom stereocenters. The molecule has 2 aromatic heterocycles. The number of carbonyl (C=O) groups excluding carboxylic acids is 1. The van der Waals surface area contributed by atoms with Crippen LogP contribution in [0.2, 0.25) is 0 Å². The predicted molar refractivity (Wildman–Crippen MR) is 89.8 cm³/mol. The smallest absolute Gasteiger partial charge is 0.339 e. The zero-order valence-electron chi connectivity index (χ0n) is 14.3. The molecule has 0 aliphatic carbocycles. The van der Waals surface area contributed by atoms with Gasteiger partial charge in [0.2, 0.25) is 11.7 Å². The van der Waals surface area contributed by atoms with E-state index in [0.717, 1.165) is 6.20 Å². The molecule has 3 N–H and O–H groups in total. The number of anilines is 3. The van der Waals surface area contributed by atoms with Crippen LogP contribution in [-0.4, -0.2) is 31.9 Å². The molecule has 0 atom stereocenters.